The van der Waals surface area contributed by atoms with Crippen LogP contribution in [0.1, 0.15) is 34.5 Å². The number of aromatic nitrogens is 1. The SMILES string of the molecule is Cc1ccn(C(C)c2ccccc2)c(=O)c1C(=O)N1CCN(CCN(C)C)CC1. The van der Waals surface area contributed by atoms with Crippen LogP contribution in [0.3, 0.4) is 0 Å². The van der Waals surface area contributed by atoms with Gasteiger partial charge in [-0.1, -0.05) is 30.3 Å². The number of hydrogen-bond donors (Lipinski definition) is 0. The number of piperazine rings is 1. The van der Waals surface area contributed by atoms with Crippen molar-refractivity contribution >= 4 is 5.91 Å². The maximum Gasteiger partial charge on any atom is 0.264 e. The Hall–Kier alpha value is -2.44. The lowest BCUT2D eigenvalue weighted by Gasteiger charge is -2.35. The van der Waals surface area contributed by atoms with Crippen molar-refractivity contribution < 1.29 is 4.79 Å². The first-order valence-corrected chi connectivity index (χ1v) is 10.3. The summed E-state index contributed by atoms with van der Waals surface area (Å²) in [4.78, 5) is 32.8. The Bertz CT molecular complexity index is 883. The highest BCUT2D eigenvalue weighted by atomic mass is 16.2. The zero-order valence-corrected chi connectivity index (χ0v) is 18.0. The van der Waals surface area contributed by atoms with Crippen LogP contribution in [0.5, 0.6) is 0 Å². The highest BCUT2D eigenvalue weighted by Gasteiger charge is 2.26. The van der Waals surface area contributed by atoms with Crippen LogP contribution in [0.25, 0.3) is 0 Å². The molecule has 1 aliphatic heterocycles. The van der Waals surface area contributed by atoms with E-state index in [4.69, 9.17) is 0 Å². The smallest absolute Gasteiger partial charge is 0.264 e. The molecule has 1 aromatic heterocycles. The van der Waals surface area contributed by atoms with E-state index in [1.165, 1.54) is 0 Å². The molecule has 0 spiro atoms. The largest absolute Gasteiger partial charge is 0.336 e. The molecule has 1 atom stereocenters. The minimum atomic E-state index is -0.207. The van der Waals surface area contributed by atoms with Gasteiger partial charge < -0.3 is 14.4 Å². The highest BCUT2D eigenvalue weighted by Crippen LogP contribution is 2.17. The van der Waals surface area contributed by atoms with Crippen molar-refractivity contribution in [1.82, 2.24) is 19.3 Å². The Balaban J connectivity index is 1.77. The third-order valence-corrected chi connectivity index (χ3v) is 5.76. The molecule has 2 aromatic rings. The van der Waals surface area contributed by atoms with Crippen molar-refractivity contribution in [2.24, 2.45) is 0 Å². The van der Waals surface area contributed by atoms with Gasteiger partial charge in [-0.2, -0.15) is 0 Å². The van der Waals surface area contributed by atoms with Gasteiger partial charge in [-0.15, -0.1) is 0 Å². The molecule has 3 rings (SSSR count). The first-order valence-electron chi connectivity index (χ1n) is 10.3. The first kappa shape index (κ1) is 21.3. The fraction of sp³-hybridized carbons (Fsp3) is 0.478. The Morgan fingerprint density at radius 2 is 1.72 bits per heavy atom. The maximum absolute atomic E-state index is 13.2. The van der Waals surface area contributed by atoms with E-state index in [-0.39, 0.29) is 17.5 Å². The third kappa shape index (κ3) is 4.95. The van der Waals surface area contributed by atoms with E-state index in [9.17, 15) is 9.59 Å². The van der Waals surface area contributed by atoms with Gasteiger partial charge in [0.2, 0.25) is 0 Å². The van der Waals surface area contributed by atoms with E-state index >= 15 is 0 Å². The van der Waals surface area contributed by atoms with Crippen LogP contribution < -0.4 is 5.56 Å². The molecule has 6 nitrogen and oxygen atoms in total. The number of benzene rings is 1. The van der Waals surface area contributed by atoms with E-state index in [0.29, 0.717) is 18.7 Å². The van der Waals surface area contributed by atoms with Crippen molar-refractivity contribution in [3.63, 3.8) is 0 Å². The van der Waals surface area contributed by atoms with Gasteiger partial charge in [-0.25, -0.2) is 0 Å². The van der Waals surface area contributed by atoms with Crippen molar-refractivity contribution in [2.75, 3.05) is 53.4 Å². The summed E-state index contributed by atoms with van der Waals surface area (Å²) in [6, 6.07) is 11.7. The number of carbonyl (C=O) groups excluding carboxylic acids is 1. The topological polar surface area (TPSA) is 48.8 Å². The van der Waals surface area contributed by atoms with Crippen LogP contribution in [0.4, 0.5) is 0 Å². The third-order valence-electron chi connectivity index (χ3n) is 5.76. The number of nitrogens with zero attached hydrogens (tertiary/aromatic N) is 4. The molecule has 1 unspecified atom stereocenters. The van der Waals surface area contributed by atoms with E-state index in [1.807, 2.05) is 55.1 Å². The highest BCUT2D eigenvalue weighted by molar-refractivity contribution is 5.95. The summed E-state index contributed by atoms with van der Waals surface area (Å²) >= 11 is 0. The van der Waals surface area contributed by atoms with Gasteiger partial charge in [-0.05, 0) is 45.1 Å². The van der Waals surface area contributed by atoms with Crippen LogP contribution in [-0.2, 0) is 0 Å². The van der Waals surface area contributed by atoms with Crippen molar-refractivity contribution in [2.45, 2.75) is 19.9 Å². The number of aryl methyl sites for hydroxylation is 1. The van der Waals surface area contributed by atoms with E-state index < -0.39 is 0 Å². The lowest BCUT2D eigenvalue weighted by atomic mass is 10.1. The van der Waals surface area contributed by atoms with Crippen LogP contribution in [0, 0.1) is 6.92 Å². The standard InChI is InChI=1S/C23H32N4O2/c1-18-10-11-27(19(2)20-8-6-5-7-9-20)23(29)21(18)22(28)26-16-14-25(15-17-26)13-12-24(3)4/h5-11,19H,12-17H2,1-4H3. The van der Waals surface area contributed by atoms with Gasteiger partial charge in [0.05, 0.1) is 6.04 Å². The minimum Gasteiger partial charge on any atom is -0.336 e. The average molecular weight is 397 g/mol. The summed E-state index contributed by atoms with van der Waals surface area (Å²) in [5, 5.41) is 0. The number of pyridine rings is 1. The Kier molecular flexibility index (Phi) is 6.87. The average Bonchev–Trinajstić information content (AvgIpc) is 2.73. The quantitative estimate of drug-likeness (QED) is 0.750. The van der Waals surface area contributed by atoms with Crippen molar-refractivity contribution in [1.29, 1.82) is 0 Å². The second-order valence-electron chi connectivity index (χ2n) is 8.11. The molecule has 1 aliphatic rings. The lowest BCUT2D eigenvalue weighted by molar-refractivity contribution is 0.0626. The summed E-state index contributed by atoms with van der Waals surface area (Å²) in [5.74, 6) is -0.144. The van der Waals surface area contributed by atoms with Crippen molar-refractivity contribution in [3.8, 4) is 0 Å². The number of amides is 1. The molecule has 0 saturated carbocycles. The van der Waals surface area contributed by atoms with E-state index in [1.54, 1.807) is 10.8 Å². The Morgan fingerprint density at radius 1 is 1.07 bits per heavy atom. The molecule has 1 saturated heterocycles. The fourth-order valence-corrected chi connectivity index (χ4v) is 3.77. The zero-order valence-electron chi connectivity index (χ0n) is 18.0. The molecule has 0 aliphatic carbocycles. The fourth-order valence-electron chi connectivity index (χ4n) is 3.77. The van der Waals surface area contributed by atoms with Gasteiger partial charge in [0.1, 0.15) is 5.56 Å². The Morgan fingerprint density at radius 3 is 2.34 bits per heavy atom. The number of hydrogen-bond acceptors (Lipinski definition) is 4. The van der Waals surface area contributed by atoms with Crippen LogP contribution in [-0.4, -0.2) is 78.5 Å². The van der Waals surface area contributed by atoms with E-state index in [2.05, 4.69) is 23.9 Å². The number of likely N-dealkylation sites (N-methyl/N-ethyl adjacent to an activating group) is 1. The molecule has 29 heavy (non-hydrogen) atoms. The first-order chi connectivity index (χ1) is 13.9. The summed E-state index contributed by atoms with van der Waals surface area (Å²) in [6.45, 7) is 8.86. The molecule has 6 heteroatoms. The predicted molar refractivity (Wildman–Crippen MR) is 117 cm³/mol. The minimum absolute atomic E-state index is 0.126. The van der Waals surface area contributed by atoms with Gasteiger partial charge in [0, 0.05) is 45.5 Å². The van der Waals surface area contributed by atoms with Crippen LogP contribution >= 0.6 is 0 Å². The van der Waals surface area contributed by atoms with Gasteiger partial charge in [-0.3, -0.25) is 14.5 Å². The molecule has 0 N–H and O–H groups in total. The summed E-state index contributed by atoms with van der Waals surface area (Å²) in [6.07, 6.45) is 1.80. The van der Waals surface area contributed by atoms with Crippen molar-refractivity contribution in [3.05, 3.63) is 69.6 Å². The van der Waals surface area contributed by atoms with Crippen LogP contribution in [0.15, 0.2) is 47.4 Å². The normalized spacial score (nSPS) is 16.2. The second-order valence-corrected chi connectivity index (χ2v) is 8.11. The molecule has 0 radical (unpaired) electrons. The molecular formula is C23H32N4O2. The van der Waals surface area contributed by atoms with Crippen LogP contribution in [0.2, 0.25) is 0 Å². The lowest BCUT2D eigenvalue weighted by Crippen LogP contribution is -2.51. The molecule has 1 fully saturated rings. The monoisotopic (exact) mass is 396 g/mol. The van der Waals surface area contributed by atoms with Gasteiger partial charge >= 0.3 is 0 Å². The molecular weight excluding hydrogens is 364 g/mol. The Labute approximate surface area is 173 Å². The summed E-state index contributed by atoms with van der Waals surface area (Å²) in [5.41, 5.74) is 1.89. The number of carbonyl (C=O) groups is 1. The van der Waals surface area contributed by atoms with E-state index in [0.717, 1.165) is 37.3 Å². The molecule has 1 aromatic carbocycles. The second kappa shape index (κ2) is 9.37. The molecule has 2 heterocycles. The number of rotatable bonds is 6. The molecule has 1 amide bonds. The maximum atomic E-state index is 13.2. The van der Waals surface area contributed by atoms with Gasteiger partial charge in [0.25, 0.3) is 11.5 Å². The molecule has 156 valence electrons. The zero-order chi connectivity index (χ0) is 21.0. The molecule has 0 bridgehead atoms. The summed E-state index contributed by atoms with van der Waals surface area (Å²) < 4.78 is 1.67. The summed E-state index contributed by atoms with van der Waals surface area (Å²) in [7, 11) is 4.14. The predicted octanol–water partition coefficient (Wildman–Crippen LogP) is 2.09. The van der Waals surface area contributed by atoms with Gasteiger partial charge in [0.15, 0.2) is 0 Å².